The van der Waals surface area contributed by atoms with Gasteiger partial charge in [-0.25, -0.2) is 23.5 Å². The van der Waals surface area contributed by atoms with Crippen LogP contribution < -0.4 is 10.5 Å². The summed E-state index contributed by atoms with van der Waals surface area (Å²) in [7, 11) is 1.65. The van der Waals surface area contributed by atoms with E-state index in [2.05, 4.69) is 32.9 Å². The lowest BCUT2D eigenvalue weighted by molar-refractivity contribution is -0.0391. The van der Waals surface area contributed by atoms with Crippen LogP contribution in [0.1, 0.15) is 40.7 Å². The molecule has 0 unspecified atom stereocenters. The number of hydrogen-bond donors (Lipinski definition) is 2. The summed E-state index contributed by atoms with van der Waals surface area (Å²) < 4.78 is 29.2. The Kier molecular flexibility index (Phi) is 9.57. The normalized spacial score (nSPS) is 16.6. The molecule has 5 aromatic rings. The highest BCUT2D eigenvalue weighted by Gasteiger charge is 2.36. The Balaban J connectivity index is 1.33. The minimum absolute atomic E-state index is 0.0164. The van der Waals surface area contributed by atoms with Crippen molar-refractivity contribution >= 4 is 55.8 Å². The summed E-state index contributed by atoms with van der Waals surface area (Å²) in [5.74, 6) is 2.71. The predicted octanol–water partition coefficient (Wildman–Crippen LogP) is 5.18. The van der Waals surface area contributed by atoms with Crippen LogP contribution in [-0.4, -0.2) is 85.4 Å². The summed E-state index contributed by atoms with van der Waals surface area (Å²) in [5.41, 5.74) is 2.13. The number of alkyl halides is 2. The SMILES string of the molecule is Cc1nc2cnc(N(C)[C@@H]3CCN(CC(C)(F)F)C[C@H]3O)c(C#N)c2c(=O)n1CC#Cc1ccc(Cl)cc1-c1ccnc2c(C(=O)O)csc12. The number of β-amino-alcohol motifs (C(OH)–C–C–N with tert-alkyl or cyclic N) is 1. The molecule has 0 spiro atoms. The zero-order chi connectivity index (χ0) is 35.9. The number of thiophene rings is 1. The number of carboxylic acid groups (broad SMARTS) is 1. The minimum Gasteiger partial charge on any atom is -0.478 e. The van der Waals surface area contributed by atoms with Crippen LogP contribution in [0.4, 0.5) is 14.6 Å². The number of rotatable bonds is 7. The van der Waals surface area contributed by atoms with Gasteiger partial charge in [-0.15, -0.1) is 11.3 Å². The molecule has 256 valence electrons. The number of piperidine rings is 1. The highest BCUT2D eigenvalue weighted by Crippen LogP contribution is 2.36. The smallest absolute Gasteiger partial charge is 0.338 e. The number of halogens is 3. The van der Waals surface area contributed by atoms with Gasteiger partial charge in [0, 0.05) is 60.4 Å². The van der Waals surface area contributed by atoms with Crippen molar-refractivity contribution in [2.45, 2.75) is 44.9 Å². The van der Waals surface area contributed by atoms with Crippen LogP contribution in [0.2, 0.25) is 5.02 Å². The summed E-state index contributed by atoms with van der Waals surface area (Å²) >= 11 is 7.62. The number of hydrogen-bond acceptors (Lipinski definition) is 10. The lowest BCUT2D eigenvalue weighted by Crippen LogP contribution is -2.55. The Morgan fingerprint density at radius 1 is 1.26 bits per heavy atom. The number of nitriles is 1. The topological polar surface area (TPSA) is 148 Å². The molecule has 15 heteroatoms. The van der Waals surface area contributed by atoms with Crippen molar-refractivity contribution in [1.29, 1.82) is 5.26 Å². The maximum atomic E-state index is 14.0. The summed E-state index contributed by atoms with van der Waals surface area (Å²) in [4.78, 5) is 42.0. The van der Waals surface area contributed by atoms with E-state index in [0.717, 1.165) is 6.92 Å². The lowest BCUT2D eigenvalue weighted by atomic mass is 9.99. The zero-order valence-corrected chi connectivity index (χ0v) is 28.7. The molecule has 1 saturated heterocycles. The van der Waals surface area contributed by atoms with Crippen molar-refractivity contribution in [1.82, 2.24) is 24.4 Å². The van der Waals surface area contributed by atoms with Gasteiger partial charge in [0.25, 0.3) is 11.5 Å². The zero-order valence-electron chi connectivity index (χ0n) is 27.1. The molecule has 1 aliphatic heterocycles. The van der Waals surface area contributed by atoms with Crippen molar-refractivity contribution in [2.24, 2.45) is 0 Å². The van der Waals surface area contributed by atoms with Gasteiger partial charge in [0.2, 0.25) is 0 Å². The molecule has 0 saturated carbocycles. The van der Waals surface area contributed by atoms with Gasteiger partial charge in [-0.3, -0.25) is 19.2 Å². The molecule has 2 atom stereocenters. The second-order valence-electron chi connectivity index (χ2n) is 12.2. The standard InChI is InChI=1S/C35H30ClF2N7O4S/c1-19-42-26-15-41-32(43(3)27-9-12-44(16-28(27)46)18-35(2,37)38)24(14-39)29(26)33(47)45(19)11-4-5-20-6-7-21(36)13-23(20)22-8-10-40-30-25(34(48)49)17-50-31(22)30/h6-8,10,13,15,17,27-28,46H,9,11-12,16,18H2,1-3H3,(H,48,49)/t27-,28-/m1/s1. The Morgan fingerprint density at radius 2 is 2.04 bits per heavy atom. The molecule has 0 amide bonds. The second kappa shape index (κ2) is 13.7. The summed E-state index contributed by atoms with van der Waals surface area (Å²) in [6, 6.07) is 8.50. The van der Waals surface area contributed by atoms with Gasteiger partial charge in [-0.05, 0) is 37.6 Å². The quantitative estimate of drug-likeness (QED) is 0.216. The number of aryl methyl sites for hydroxylation is 1. The number of likely N-dealkylation sites (N-methyl/N-ethyl adjacent to an activating group) is 1. The average Bonchev–Trinajstić information content (AvgIpc) is 3.50. The number of carbonyl (C=O) groups is 1. The van der Waals surface area contributed by atoms with Crippen LogP contribution >= 0.6 is 22.9 Å². The van der Waals surface area contributed by atoms with Crippen molar-refractivity contribution in [2.75, 3.05) is 31.6 Å². The Labute approximate surface area is 294 Å². The fourth-order valence-corrected chi connectivity index (χ4v) is 7.56. The van der Waals surface area contributed by atoms with Crippen LogP contribution in [0.5, 0.6) is 0 Å². The van der Waals surface area contributed by atoms with Crippen molar-refractivity contribution in [3.8, 4) is 29.0 Å². The first kappa shape index (κ1) is 34.9. The van der Waals surface area contributed by atoms with E-state index in [1.165, 1.54) is 38.6 Å². The monoisotopic (exact) mass is 717 g/mol. The minimum atomic E-state index is -2.90. The number of aliphatic hydroxyl groups excluding tert-OH is 1. The first-order valence-corrected chi connectivity index (χ1v) is 16.7. The molecule has 5 heterocycles. The number of carboxylic acids is 1. The van der Waals surface area contributed by atoms with E-state index in [1.54, 1.807) is 43.1 Å². The van der Waals surface area contributed by atoms with Crippen molar-refractivity contribution < 1.29 is 23.8 Å². The van der Waals surface area contributed by atoms with E-state index < -0.39 is 36.1 Å². The van der Waals surface area contributed by atoms with Gasteiger partial charge >= 0.3 is 5.97 Å². The Hall–Kier alpha value is -4.99. The van der Waals surface area contributed by atoms with Crippen LogP contribution in [0.25, 0.3) is 32.2 Å². The van der Waals surface area contributed by atoms with Crippen LogP contribution in [-0.2, 0) is 6.54 Å². The average molecular weight is 718 g/mol. The molecule has 1 fully saturated rings. The molecule has 1 aromatic carbocycles. The molecule has 6 rings (SSSR count). The Bertz CT molecular complexity index is 2320. The number of pyridine rings is 2. The summed E-state index contributed by atoms with van der Waals surface area (Å²) in [5, 5.41) is 32.8. The fraction of sp³-hybridized carbons (Fsp3) is 0.314. The van der Waals surface area contributed by atoms with Gasteiger partial charge in [0.1, 0.15) is 23.3 Å². The first-order chi connectivity index (χ1) is 23.8. The van der Waals surface area contributed by atoms with Gasteiger partial charge in [-0.1, -0.05) is 23.4 Å². The lowest BCUT2D eigenvalue weighted by Gasteiger charge is -2.41. The van der Waals surface area contributed by atoms with Gasteiger partial charge in [-0.2, -0.15) is 5.26 Å². The maximum Gasteiger partial charge on any atom is 0.338 e. The number of anilines is 1. The molecule has 0 radical (unpaired) electrons. The Morgan fingerprint density at radius 3 is 2.74 bits per heavy atom. The first-order valence-electron chi connectivity index (χ1n) is 15.5. The van der Waals surface area contributed by atoms with Gasteiger partial charge in [0.05, 0.1) is 58.1 Å². The molecule has 11 nitrogen and oxygen atoms in total. The third kappa shape index (κ3) is 6.75. The van der Waals surface area contributed by atoms with E-state index >= 15 is 0 Å². The highest BCUT2D eigenvalue weighted by molar-refractivity contribution is 7.18. The number of aromatic carboxylic acids is 1. The highest BCUT2D eigenvalue weighted by atomic mass is 35.5. The van der Waals surface area contributed by atoms with Crippen LogP contribution in [0, 0.1) is 30.1 Å². The third-order valence-electron chi connectivity index (χ3n) is 8.66. The molecule has 50 heavy (non-hydrogen) atoms. The molecule has 4 aromatic heterocycles. The predicted molar refractivity (Wildman–Crippen MR) is 187 cm³/mol. The van der Waals surface area contributed by atoms with E-state index in [0.29, 0.717) is 50.7 Å². The van der Waals surface area contributed by atoms with E-state index in [9.17, 15) is 33.8 Å². The van der Waals surface area contributed by atoms with Crippen molar-refractivity contribution in [3.05, 3.63) is 79.9 Å². The molecular weight excluding hydrogens is 688 g/mol. The fourth-order valence-electron chi connectivity index (χ4n) is 6.36. The van der Waals surface area contributed by atoms with Crippen molar-refractivity contribution in [3.63, 3.8) is 0 Å². The second-order valence-corrected chi connectivity index (χ2v) is 13.5. The van der Waals surface area contributed by atoms with E-state index in [-0.39, 0.29) is 40.9 Å². The van der Waals surface area contributed by atoms with Crippen LogP contribution in [0.15, 0.2) is 46.8 Å². The molecule has 0 bridgehead atoms. The number of aliphatic hydroxyl groups is 1. The molecule has 0 aliphatic carbocycles. The summed E-state index contributed by atoms with van der Waals surface area (Å²) in [6.07, 6.45) is 2.28. The summed E-state index contributed by atoms with van der Waals surface area (Å²) in [6.45, 7) is 2.29. The molecule has 1 aliphatic rings. The van der Waals surface area contributed by atoms with E-state index in [4.69, 9.17) is 11.6 Å². The largest absolute Gasteiger partial charge is 0.478 e. The molecular formula is C35H30ClF2N7O4S. The van der Waals surface area contributed by atoms with Gasteiger partial charge in [0.15, 0.2) is 0 Å². The number of likely N-dealkylation sites (tertiary alicyclic amines) is 1. The number of nitrogens with zero attached hydrogens (tertiary/aromatic N) is 7. The van der Waals surface area contributed by atoms with E-state index in [1.807, 2.05) is 0 Å². The number of benzene rings is 1. The van der Waals surface area contributed by atoms with Crippen LogP contribution in [0.3, 0.4) is 0 Å². The number of aromatic nitrogens is 4. The third-order valence-corrected chi connectivity index (χ3v) is 9.90. The number of fused-ring (bicyclic) bond motifs is 2. The molecule has 2 N–H and O–H groups in total. The maximum absolute atomic E-state index is 14.0. The van der Waals surface area contributed by atoms with Gasteiger partial charge < -0.3 is 15.1 Å².